The van der Waals surface area contributed by atoms with Crippen LogP contribution in [-0.2, 0) is 11.3 Å². The fourth-order valence-electron chi connectivity index (χ4n) is 2.38. The van der Waals surface area contributed by atoms with E-state index in [0.29, 0.717) is 12.5 Å². The van der Waals surface area contributed by atoms with E-state index in [9.17, 15) is 4.79 Å². The van der Waals surface area contributed by atoms with Crippen molar-refractivity contribution >= 4 is 5.91 Å². The summed E-state index contributed by atoms with van der Waals surface area (Å²) in [6.07, 6.45) is 2.41. The molecule has 1 fully saturated rings. The van der Waals surface area contributed by atoms with E-state index < -0.39 is 0 Å². The number of hydrogen-bond donors (Lipinski definition) is 2. The fourth-order valence-corrected chi connectivity index (χ4v) is 2.38. The van der Waals surface area contributed by atoms with Crippen molar-refractivity contribution in [1.29, 1.82) is 0 Å². The molecule has 5 heteroatoms. The number of aromatic nitrogens is 2. The van der Waals surface area contributed by atoms with E-state index in [4.69, 9.17) is 0 Å². The highest BCUT2D eigenvalue weighted by Crippen LogP contribution is 2.08. The third kappa shape index (κ3) is 3.57. The molecule has 1 unspecified atom stereocenters. The van der Waals surface area contributed by atoms with E-state index in [0.717, 1.165) is 31.0 Å². The molecule has 1 aliphatic rings. The molecule has 100 valence electrons. The first-order chi connectivity index (χ1) is 8.65. The van der Waals surface area contributed by atoms with Gasteiger partial charge >= 0.3 is 0 Å². The van der Waals surface area contributed by atoms with Gasteiger partial charge in [0.05, 0.1) is 5.69 Å². The molecule has 2 heterocycles. The van der Waals surface area contributed by atoms with Gasteiger partial charge in [0.2, 0.25) is 5.91 Å². The van der Waals surface area contributed by atoms with Crippen LogP contribution in [-0.4, -0.2) is 35.3 Å². The molecule has 1 saturated heterocycles. The lowest BCUT2D eigenvalue weighted by Gasteiger charge is -2.22. The number of carbonyl (C=O) groups is 1. The second-order valence-corrected chi connectivity index (χ2v) is 5.10. The smallest absolute Gasteiger partial charge is 0.241 e. The standard InChI is InChI=1S/C13H22N4O/c1-10-6-11(2)17(16-10)9-13(18)15-8-12-4-3-5-14-7-12/h6,12,14H,3-5,7-9H2,1-2H3,(H,15,18). The molecule has 0 aromatic carbocycles. The highest BCUT2D eigenvalue weighted by Gasteiger charge is 2.14. The van der Waals surface area contributed by atoms with Gasteiger partial charge in [0, 0.05) is 12.2 Å². The van der Waals surface area contributed by atoms with Gasteiger partial charge in [-0.1, -0.05) is 0 Å². The van der Waals surface area contributed by atoms with Gasteiger partial charge in [0.15, 0.2) is 0 Å². The van der Waals surface area contributed by atoms with E-state index in [1.165, 1.54) is 12.8 Å². The topological polar surface area (TPSA) is 59.0 Å². The normalized spacial score (nSPS) is 19.8. The highest BCUT2D eigenvalue weighted by atomic mass is 16.2. The molecule has 2 rings (SSSR count). The number of carbonyl (C=O) groups excluding carboxylic acids is 1. The van der Waals surface area contributed by atoms with Crippen molar-refractivity contribution in [2.24, 2.45) is 5.92 Å². The number of nitrogens with one attached hydrogen (secondary N) is 2. The lowest BCUT2D eigenvalue weighted by Crippen LogP contribution is -2.39. The van der Waals surface area contributed by atoms with Crippen LogP contribution in [0, 0.1) is 19.8 Å². The first kappa shape index (κ1) is 13.1. The summed E-state index contributed by atoms with van der Waals surface area (Å²) in [5, 5.41) is 10.6. The highest BCUT2D eigenvalue weighted by molar-refractivity contribution is 5.75. The number of hydrogen-bond acceptors (Lipinski definition) is 3. The lowest BCUT2D eigenvalue weighted by atomic mass is 10.00. The Kier molecular flexibility index (Phi) is 4.36. The minimum Gasteiger partial charge on any atom is -0.354 e. The molecule has 5 nitrogen and oxygen atoms in total. The maximum absolute atomic E-state index is 11.8. The molecule has 0 radical (unpaired) electrons. The Hall–Kier alpha value is -1.36. The molecule has 0 spiro atoms. The summed E-state index contributed by atoms with van der Waals surface area (Å²) in [6.45, 7) is 7.12. The van der Waals surface area contributed by atoms with Crippen molar-refractivity contribution in [2.45, 2.75) is 33.2 Å². The van der Waals surface area contributed by atoms with Gasteiger partial charge in [-0.05, 0) is 51.8 Å². The zero-order valence-electron chi connectivity index (χ0n) is 11.2. The fraction of sp³-hybridized carbons (Fsp3) is 0.692. The molecular weight excluding hydrogens is 228 g/mol. The van der Waals surface area contributed by atoms with E-state index in [2.05, 4.69) is 15.7 Å². The molecule has 1 amide bonds. The monoisotopic (exact) mass is 250 g/mol. The minimum absolute atomic E-state index is 0.0479. The number of piperidine rings is 1. The maximum Gasteiger partial charge on any atom is 0.241 e. The summed E-state index contributed by atoms with van der Waals surface area (Å²) >= 11 is 0. The Morgan fingerprint density at radius 2 is 2.44 bits per heavy atom. The number of aryl methyl sites for hydroxylation is 2. The second-order valence-electron chi connectivity index (χ2n) is 5.10. The van der Waals surface area contributed by atoms with Gasteiger partial charge in [0.25, 0.3) is 0 Å². The van der Waals surface area contributed by atoms with Gasteiger partial charge in [0.1, 0.15) is 6.54 Å². The Morgan fingerprint density at radius 3 is 3.06 bits per heavy atom. The van der Waals surface area contributed by atoms with Crippen LogP contribution < -0.4 is 10.6 Å². The summed E-state index contributed by atoms with van der Waals surface area (Å²) in [5.41, 5.74) is 1.98. The molecule has 18 heavy (non-hydrogen) atoms. The van der Waals surface area contributed by atoms with Crippen LogP contribution in [0.5, 0.6) is 0 Å². The first-order valence-corrected chi connectivity index (χ1v) is 6.63. The van der Waals surface area contributed by atoms with Crippen LogP contribution in [0.4, 0.5) is 0 Å². The Balaban J connectivity index is 1.76. The molecule has 0 aliphatic carbocycles. The molecule has 1 aromatic rings. The van der Waals surface area contributed by atoms with Crippen LogP contribution in [0.15, 0.2) is 6.07 Å². The number of amides is 1. The van der Waals surface area contributed by atoms with Crippen molar-refractivity contribution in [1.82, 2.24) is 20.4 Å². The number of rotatable bonds is 4. The molecule has 1 atom stereocenters. The third-order valence-electron chi connectivity index (χ3n) is 3.38. The molecule has 0 bridgehead atoms. The van der Waals surface area contributed by atoms with Crippen molar-refractivity contribution in [3.05, 3.63) is 17.5 Å². The zero-order chi connectivity index (χ0) is 13.0. The summed E-state index contributed by atoms with van der Waals surface area (Å²) in [4.78, 5) is 11.8. The minimum atomic E-state index is 0.0479. The molecule has 1 aromatic heterocycles. The van der Waals surface area contributed by atoms with Crippen LogP contribution >= 0.6 is 0 Å². The Bertz CT molecular complexity index is 407. The Labute approximate surface area is 108 Å². The van der Waals surface area contributed by atoms with Gasteiger partial charge < -0.3 is 10.6 Å². The second kappa shape index (κ2) is 6.00. The van der Waals surface area contributed by atoms with Gasteiger partial charge in [-0.25, -0.2) is 0 Å². The van der Waals surface area contributed by atoms with Crippen molar-refractivity contribution in [3.63, 3.8) is 0 Å². The van der Waals surface area contributed by atoms with E-state index in [1.54, 1.807) is 4.68 Å². The molecular formula is C13H22N4O. The average molecular weight is 250 g/mol. The summed E-state index contributed by atoms with van der Waals surface area (Å²) < 4.78 is 1.75. The predicted octanol–water partition coefficient (Wildman–Crippen LogP) is 0.616. The van der Waals surface area contributed by atoms with Crippen LogP contribution in [0.25, 0.3) is 0 Å². The predicted molar refractivity (Wildman–Crippen MR) is 70.3 cm³/mol. The SMILES string of the molecule is Cc1cc(C)n(CC(=O)NCC2CCCNC2)n1. The van der Waals surface area contributed by atoms with Crippen molar-refractivity contribution in [3.8, 4) is 0 Å². The maximum atomic E-state index is 11.8. The zero-order valence-corrected chi connectivity index (χ0v) is 11.2. The molecule has 1 aliphatic heterocycles. The summed E-state index contributed by atoms with van der Waals surface area (Å²) in [6, 6.07) is 1.98. The quantitative estimate of drug-likeness (QED) is 0.823. The first-order valence-electron chi connectivity index (χ1n) is 6.63. The van der Waals surface area contributed by atoms with E-state index in [-0.39, 0.29) is 5.91 Å². The summed E-state index contributed by atoms with van der Waals surface area (Å²) in [5.74, 6) is 0.620. The van der Waals surface area contributed by atoms with Gasteiger partial charge in [-0.2, -0.15) is 5.10 Å². The number of nitrogens with zero attached hydrogens (tertiary/aromatic N) is 2. The summed E-state index contributed by atoms with van der Waals surface area (Å²) in [7, 11) is 0. The molecule has 0 saturated carbocycles. The Morgan fingerprint density at radius 1 is 1.61 bits per heavy atom. The van der Waals surface area contributed by atoms with Gasteiger partial charge in [-0.3, -0.25) is 9.48 Å². The van der Waals surface area contributed by atoms with E-state index in [1.807, 2.05) is 19.9 Å². The van der Waals surface area contributed by atoms with Crippen molar-refractivity contribution < 1.29 is 4.79 Å². The van der Waals surface area contributed by atoms with E-state index >= 15 is 0 Å². The van der Waals surface area contributed by atoms with Crippen molar-refractivity contribution in [2.75, 3.05) is 19.6 Å². The van der Waals surface area contributed by atoms with Crippen LogP contribution in [0.3, 0.4) is 0 Å². The average Bonchev–Trinajstić information content (AvgIpc) is 2.67. The van der Waals surface area contributed by atoms with Crippen LogP contribution in [0.2, 0.25) is 0 Å². The molecule has 2 N–H and O–H groups in total. The lowest BCUT2D eigenvalue weighted by molar-refractivity contribution is -0.122. The van der Waals surface area contributed by atoms with Crippen LogP contribution in [0.1, 0.15) is 24.2 Å². The largest absolute Gasteiger partial charge is 0.354 e. The third-order valence-corrected chi connectivity index (χ3v) is 3.38. The van der Waals surface area contributed by atoms with Gasteiger partial charge in [-0.15, -0.1) is 0 Å².